The molecule has 21 heavy (non-hydrogen) atoms. The summed E-state index contributed by atoms with van der Waals surface area (Å²) in [6.07, 6.45) is 0.853. The lowest BCUT2D eigenvalue weighted by molar-refractivity contribution is 0.112. The largest absolute Gasteiger partial charge is 0.476 e. The van der Waals surface area contributed by atoms with Crippen molar-refractivity contribution in [2.75, 3.05) is 13.2 Å². The summed E-state index contributed by atoms with van der Waals surface area (Å²) >= 11 is 0. The highest BCUT2D eigenvalue weighted by Crippen LogP contribution is 2.28. The normalized spacial score (nSPS) is 10.2. The van der Waals surface area contributed by atoms with Gasteiger partial charge in [0.05, 0.1) is 0 Å². The van der Waals surface area contributed by atoms with E-state index in [9.17, 15) is 9.70 Å². The van der Waals surface area contributed by atoms with Crippen LogP contribution in [0, 0.1) is 18.8 Å². The van der Waals surface area contributed by atoms with Crippen LogP contribution in [0.1, 0.15) is 21.6 Å². The molecule has 0 unspecified atom stereocenters. The van der Waals surface area contributed by atoms with E-state index in [1.54, 1.807) is 12.1 Å². The van der Waals surface area contributed by atoms with Crippen LogP contribution in [-0.2, 0) is 0 Å². The molecule has 1 aromatic heterocycles. The van der Waals surface area contributed by atoms with Crippen molar-refractivity contribution >= 4 is 6.29 Å². The van der Waals surface area contributed by atoms with Crippen molar-refractivity contribution in [1.82, 2.24) is 4.98 Å². The molecule has 0 amide bonds. The van der Waals surface area contributed by atoms with Crippen LogP contribution >= 0.6 is 0 Å². The molecule has 5 heteroatoms. The number of hydrogen-bond donors (Lipinski definition) is 0. The van der Waals surface area contributed by atoms with Gasteiger partial charge >= 0.3 is 0 Å². The average Bonchev–Trinajstić information content (AvgIpc) is 2.48. The fourth-order valence-corrected chi connectivity index (χ4v) is 2.16. The average molecular weight is 284 g/mol. The van der Waals surface area contributed by atoms with Gasteiger partial charge < -0.3 is 4.74 Å². The van der Waals surface area contributed by atoms with Gasteiger partial charge in [-0.25, -0.2) is 4.98 Å². The second kappa shape index (κ2) is 6.74. The summed E-state index contributed by atoms with van der Waals surface area (Å²) in [5.74, 6) is 0.462. The summed E-state index contributed by atoms with van der Waals surface area (Å²) in [4.78, 5) is 25.4. The number of aromatic nitrogens is 1. The minimum Gasteiger partial charge on any atom is -0.476 e. The lowest BCUT2D eigenvalue weighted by Gasteiger charge is -2.12. The van der Waals surface area contributed by atoms with Gasteiger partial charge in [-0.1, -0.05) is 23.4 Å². The van der Waals surface area contributed by atoms with Gasteiger partial charge in [-0.15, -0.1) is 0 Å². The van der Waals surface area contributed by atoms with Crippen LogP contribution in [0.5, 0.6) is 5.88 Å². The van der Waals surface area contributed by atoms with E-state index in [1.165, 1.54) is 0 Å². The Labute approximate surface area is 123 Å². The number of nitrogens with zero attached hydrogens (tertiary/aromatic N) is 2. The van der Waals surface area contributed by atoms with E-state index in [0.717, 1.165) is 28.7 Å². The number of carbonyl (C=O) groups is 1. The summed E-state index contributed by atoms with van der Waals surface area (Å²) in [6, 6.07) is 9.26. The first-order valence-corrected chi connectivity index (χ1v) is 6.62. The minimum atomic E-state index is 0.100. The monoisotopic (exact) mass is 284 g/mol. The molecule has 0 saturated carbocycles. The first-order chi connectivity index (χ1) is 10.2. The third kappa shape index (κ3) is 3.31. The maximum absolute atomic E-state index is 11.0. The predicted octanol–water partition coefficient (Wildman–Crippen LogP) is 3.32. The Morgan fingerprint density at radius 2 is 2.00 bits per heavy atom. The van der Waals surface area contributed by atoms with E-state index in [-0.39, 0.29) is 13.2 Å². The molecule has 0 bridgehead atoms. The lowest BCUT2D eigenvalue weighted by atomic mass is 9.96. The molecule has 1 heterocycles. The maximum Gasteiger partial charge on any atom is 0.213 e. The third-order valence-corrected chi connectivity index (χ3v) is 3.29. The summed E-state index contributed by atoms with van der Waals surface area (Å²) in [7, 11) is 0. The Kier molecular flexibility index (Phi) is 4.77. The van der Waals surface area contributed by atoms with Gasteiger partial charge in [0, 0.05) is 22.9 Å². The van der Waals surface area contributed by atoms with Crippen LogP contribution in [0.25, 0.3) is 11.1 Å². The zero-order chi connectivity index (χ0) is 15.2. The van der Waals surface area contributed by atoms with Crippen LogP contribution in [0.15, 0.2) is 35.5 Å². The number of benzene rings is 1. The van der Waals surface area contributed by atoms with Crippen molar-refractivity contribution in [3.05, 3.63) is 52.1 Å². The van der Waals surface area contributed by atoms with E-state index in [2.05, 4.69) is 10.2 Å². The van der Waals surface area contributed by atoms with Gasteiger partial charge in [0.1, 0.15) is 19.4 Å². The van der Waals surface area contributed by atoms with Crippen LogP contribution in [0.3, 0.4) is 0 Å². The number of pyridine rings is 1. The molecule has 2 rings (SSSR count). The van der Waals surface area contributed by atoms with Crippen molar-refractivity contribution in [2.45, 2.75) is 13.8 Å². The maximum atomic E-state index is 11.0. The molecule has 0 aliphatic heterocycles. The zero-order valence-corrected chi connectivity index (χ0v) is 12.0. The van der Waals surface area contributed by atoms with Gasteiger partial charge in [0.15, 0.2) is 0 Å². The molecule has 0 radical (unpaired) electrons. The molecule has 2 aromatic rings. The van der Waals surface area contributed by atoms with Crippen molar-refractivity contribution in [1.29, 1.82) is 0 Å². The Hall–Kier alpha value is -2.56. The summed E-state index contributed by atoms with van der Waals surface area (Å²) in [6.45, 7) is 4.11. The van der Waals surface area contributed by atoms with Gasteiger partial charge in [-0.05, 0) is 31.0 Å². The number of ether oxygens (including phenoxy) is 1. The quantitative estimate of drug-likeness (QED) is 0.463. The minimum absolute atomic E-state index is 0.100. The fourth-order valence-electron chi connectivity index (χ4n) is 2.16. The molecule has 0 atom stereocenters. The second-order valence-corrected chi connectivity index (χ2v) is 4.62. The standard InChI is InChI=1S/C16H16N2O3/c1-11-13(10-19)4-3-5-14(11)15-6-7-16(18-12(15)2)21-9-8-17-20/h3-7,10H,8-9H2,1-2H3. The molecule has 0 fully saturated rings. The van der Waals surface area contributed by atoms with Gasteiger partial charge in [-0.2, -0.15) is 4.91 Å². The first kappa shape index (κ1) is 14.8. The number of hydrogen-bond acceptors (Lipinski definition) is 5. The molecular weight excluding hydrogens is 268 g/mol. The zero-order valence-electron chi connectivity index (χ0n) is 12.0. The van der Waals surface area contributed by atoms with Crippen molar-refractivity contribution in [3.63, 3.8) is 0 Å². The number of aldehydes is 1. The number of carbonyl (C=O) groups excluding carboxylic acids is 1. The molecule has 0 aliphatic rings. The molecule has 108 valence electrons. The van der Waals surface area contributed by atoms with Crippen LogP contribution in [0.4, 0.5) is 0 Å². The highest BCUT2D eigenvalue weighted by molar-refractivity contribution is 5.83. The predicted molar refractivity (Wildman–Crippen MR) is 80.7 cm³/mol. The summed E-state index contributed by atoms with van der Waals surface area (Å²) in [5.41, 5.74) is 4.33. The molecule has 1 aromatic carbocycles. The summed E-state index contributed by atoms with van der Waals surface area (Å²) < 4.78 is 5.33. The molecule has 0 saturated heterocycles. The van der Waals surface area contributed by atoms with Crippen LogP contribution in [0.2, 0.25) is 0 Å². The van der Waals surface area contributed by atoms with Crippen LogP contribution < -0.4 is 4.74 Å². The van der Waals surface area contributed by atoms with Gasteiger partial charge in [0.25, 0.3) is 0 Å². The first-order valence-electron chi connectivity index (χ1n) is 6.62. The fraction of sp³-hybridized carbons (Fsp3) is 0.250. The smallest absolute Gasteiger partial charge is 0.213 e. The summed E-state index contributed by atoms with van der Waals surface area (Å²) in [5, 5.41) is 2.73. The van der Waals surface area contributed by atoms with Gasteiger partial charge in [0.2, 0.25) is 5.88 Å². The van der Waals surface area contributed by atoms with Crippen molar-refractivity contribution < 1.29 is 9.53 Å². The molecule has 0 N–H and O–H groups in total. The second-order valence-electron chi connectivity index (χ2n) is 4.62. The highest BCUT2D eigenvalue weighted by atomic mass is 16.5. The Morgan fingerprint density at radius 3 is 2.67 bits per heavy atom. The lowest BCUT2D eigenvalue weighted by Crippen LogP contribution is -2.03. The molecule has 0 spiro atoms. The van der Waals surface area contributed by atoms with Crippen molar-refractivity contribution in [2.24, 2.45) is 5.18 Å². The number of aryl methyl sites for hydroxylation is 1. The Balaban J connectivity index is 2.33. The number of rotatable bonds is 6. The highest BCUT2D eigenvalue weighted by Gasteiger charge is 2.10. The Bertz CT molecular complexity index is 669. The molecule has 5 nitrogen and oxygen atoms in total. The van der Waals surface area contributed by atoms with Gasteiger partial charge in [-0.3, -0.25) is 4.79 Å². The van der Waals surface area contributed by atoms with E-state index in [4.69, 9.17) is 4.74 Å². The topological polar surface area (TPSA) is 68.6 Å². The van der Waals surface area contributed by atoms with Crippen LogP contribution in [-0.4, -0.2) is 24.4 Å². The molecule has 0 aliphatic carbocycles. The van der Waals surface area contributed by atoms with E-state index < -0.39 is 0 Å². The van der Waals surface area contributed by atoms with E-state index >= 15 is 0 Å². The SMILES string of the molecule is Cc1nc(OCCN=O)ccc1-c1cccc(C=O)c1C. The van der Waals surface area contributed by atoms with E-state index in [1.807, 2.05) is 32.0 Å². The Morgan fingerprint density at radius 1 is 1.19 bits per heavy atom. The number of nitroso groups, excluding NO2 is 1. The van der Waals surface area contributed by atoms with E-state index in [0.29, 0.717) is 11.4 Å². The molecular formula is C16H16N2O3. The van der Waals surface area contributed by atoms with Crippen molar-refractivity contribution in [3.8, 4) is 17.0 Å². The third-order valence-electron chi connectivity index (χ3n) is 3.29.